The third-order valence-electron chi connectivity index (χ3n) is 3.41. The number of hydrogen-bond donors (Lipinski definition) is 0. The van der Waals surface area contributed by atoms with Crippen molar-refractivity contribution in [2.75, 3.05) is 0 Å². The Labute approximate surface area is 140 Å². The minimum absolute atomic E-state index is 0.323. The van der Waals surface area contributed by atoms with Crippen LogP contribution in [-0.2, 0) is 0 Å². The SMILES string of the molecule is Fc1cc(C(Cl)c2ccc(Cl)c3ccccc23)ccc1Br. The minimum Gasteiger partial charge on any atom is -0.206 e. The minimum atomic E-state index is -0.435. The van der Waals surface area contributed by atoms with Crippen LogP contribution >= 0.6 is 39.1 Å². The average Bonchev–Trinajstić information content (AvgIpc) is 2.50. The molecule has 1 atom stereocenters. The molecule has 0 bridgehead atoms. The Hall–Kier alpha value is -1.09. The molecule has 21 heavy (non-hydrogen) atoms. The Morgan fingerprint density at radius 3 is 2.38 bits per heavy atom. The van der Waals surface area contributed by atoms with Crippen LogP contribution in [0.2, 0.25) is 5.02 Å². The Balaban J connectivity index is 2.15. The van der Waals surface area contributed by atoms with Gasteiger partial charge < -0.3 is 0 Å². The van der Waals surface area contributed by atoms with Crippen LogP contribution in [0.15, 0.2) is 59.1 Å². The van der Waals surface area contributed by atoms with E-state index in [9.17, 15) is 4.39 Å². The molecule has 0 amide bonds. The molecule has 0 saturated carbocycles. The van der Waals surface area contributed by atoms with Gasteiger partial charge in [0.2, 0.25) is 0 Å². The number of alkyl halides is 1. The second-order valence-corrected chi connectivity index (χ2v) is 6.42. The fraction of sp³-hybridized carbons (Fsp3) is 0.0588. The zero-order valence-electron chi connectivity index (χ0n) is 10.8. The van der Waals surface area contributed by atoms with Crippen molar-refractivity contribution in [3.05, 3.63) is 81.0 Å². The highest BCUT2D eigenvalue weighted by Gasteiger charge is 2.16. The van der Waals surface area contributed by atoms with Gasteiger partial charge in [-0.3, -0.25) is 0 Å². The third kappa shape index (κ3) is 2.80. The van der Waals surface area contributed by atoms with Gasteiger partial charge in [-0.2, -0.15) is 0 Å². The fourth-order valence-electron chi connectivity index (χ4n) is 2.36. The lowest BCUT2D eigenvalue weighted by atomic mass is 9.98. The van der Waals surface area contributed by atoms with E-state index < -0.39 is 5.38 Å². The summed E-state index contributed by atoms with van der Waals surface area (Å²) in [4.78, 5) is 0. The molecule has 3 rings (SSSR count). The predicted octanol–water partition coefficient (Wildman–Crippen LogP) is 6.72. The molecule has 0 fully saturated rings. The first-order chi connectivity index (χ1) is 10.1. The van der Waals surface area contributed by atoms with Crippen molar-refractivity contribution in [1.29, 1.82) is 0 Å². The molecule has 3 aromatic carbocycles. The topological polar surface area (TPSA) is 0 Å². The van der Waals surface area contributed by atoms with Crippen molar-refractivity contribution in [1.82, 2.24) is 0 Å². The van der Waals surface area contributed by atoms with Crippen molar-refractivity contribution in [3.63, 3.8) is 0 Å². The summed E-state index contributed by atoms with van der Waals surface area (Å²) in [5.74, 6) is -0.323. The first-order valence-electron chi connectivity index (χ1n) is 6.34. The first kappa shape index (κ1) is 14.8. The molecule has 0 aromatic heterocycles. The molecule has 1 unspecified atom stereocenters. The second kappa shape index (κ2) is 5.96. The van der Waals surface area contributed by atoms with E-state index in [1.165, 1.54) is 6.07 Å². The number of hydrogen-bond acceptors (Lipinski definition) is 0. The van der Waals surface area contributed by atoms with Gasteiger partial charge in [-0.1, -0.05) is 48.0 Å². The van der Waals surface area contributed by atoms with Crippen LogP contribution in [0.25, 0.3) is 10.8 Å². The van der Waals surface area contributed by atoms with E-state index in [-0.39, 0.29) is 5.82 Å². The molecule has 4 heteroatoms. The molecule has 0 aliphatic heterocycles. The average molecular weight is 384 g/mol. The van der Waals surface area contributed by atoms with Gasteiger partial charge in [0, 0.05) is 10.4 Å². The fourth-order valence-corrected chi connectivity index (χ4v) is 3.16. The monoisotopic (exact) mass is 382 g/mol. The van der Waals surface area contributed by atoms with Gasteiger partial charge in [0.1, 0.15) is 5.82 Å². The van der Waals surface area contributed by atoms with Crippen LogP contribution in [-0.4, -0.2) is 0 Å². The van der Waals surface area contributed by atoms with Crippen LogP contribution in [0.5, 0.6) is 0 Å². The molecule has 0 spiro atoms. The molecule has 0 aliphatic rings. The molecular weight excluding hydrogens is 374 g/mol. The first-order valence-corrected chi connectivity index (χ1v) is 7.95. The molecule has 0 saturated heterocycles. The molecule has 0 radical (unpaired) electrons. The zero-order valence-corrected chi connectivity index (χ0v) is 13.9. The van der Waals surface area contributed by atoms with E-state index in [0.29, 0.717) is 15.1 Å². The van der Waals surface area contributed by atoms with E-state index in [1.807, 2.05) is 42.5 Å². The van der Waals surface area contributed by atoms with Gasteiger partial charge in [0.05, 0.1) is 9.85 Å². The summed E-state index contributed by atoms with van der Waals surface area (Å²) in [6, 6.07) is 16.4. The molecule has 0 N–H and O–H groups in total. The predicted molar refractivity (Wildman–Crippen MR) is 90.8 cm³/mol. The van der Waals surface area contributed by atoms with Gasteiger partial charge in [0.25, 0.3) is 0 Å². The highest BCUT2D eigenvalue weighted by atomic mass is 79.9. The van der Waals surface area contributed by atoms with Crippen LogP contribution < -0.4 is 0 Å². The van der Waals surface area contributed by atoms with E-state index in [4.69, 9.17) is 23.2 Å². The van der Waals surface area contributed by atoms with E-state index >= 15 is 0 Å². The second-order valence-electron chi connectivity index (χ2n) is 4.72. The lowest BCUT2D eigenvalue weighted by Gasteiger charge is -2.14. The molecule has 3 aromatic rings. The Morgan fingerprint density at radius 1 is 0.952 bits per heavy atom. The van der Waals surface area contributed by atoms with Crippen LogP contribution in [0.1, 0.15) is 16.5 Å². The molecular formula is C17H10BrCl2F. The van der Waals surface area contributed by atoms with Gasteiger partial charge >= 0.3 is 0 Å². The highest BCUT2D eigenvalue weighted by Crippen LogP contribution is 2.37. The summed E-state index contributed by atoms with van der Waals surface area (Å²) in [6.07, 6.45) is 0. The maximum Gasteiger partial charge on any atom is 0.137 e. The summed E-state index contributed by atoms with van der Waals surface area (Å²) in [5, 5.41) is 2.17. The van der Waals surface area contributed by atoms with Crippen molar-refractivity contribution >= 4 is 49.9 Å². The smallest absolute Gasteiger partial charge is 0.137 e. The molecule has 0 heterocycles. The van der Waals surface area contributed by atoms with Gasteiger partial charge in [-0.15, -0.1) is 11.6 Å². The van der Waals surface area contributed by atoms with E-state index in [0.717, 1.165) is 16.3 Å². The largest absolute Gasteiger partial charge is 0.206 e. The number of rotatable bonds is 2. The summed E-state index contributed by atoms with van der Waals surface area (Å²) in [7, 11) is 0. The Bertz CT molecular complexity index is 817. The maximum absolute atomic E-state index is 13.7. The normalized spacial score (nSPS) is 12.6. The maximum atomic E-state index is 13.7. The van der Waals surface area contributed by atoms with Crippen molar-refractivity contribution < 1.29 is 4.39 Å². The quantitative estimate of drug-likeness (QED) is 0.430. The van der Waals surface area contributed by atoms with E-state index in [1.54, 1.807) is 6.07 Å². The summed E-state index contributed by atoms with van der Waals surface area (Å²) in [6.45, 7) is 0. The lowest BCUT2D eigenvalue weighted by molar-refractivity contribution is 0.619. The van der Waals surface area contributed by atoms with E-state index in [2.05, 4.69) is 15.9 Å². The summed E-state index contributed by atoms with van der Waals surface area (Å²) >= 11 is 15.9. The Morgan fingerprint density at radius 2 is 1.67 bits per heavy atom. The van der Waals surface area contributed by atoms with Crippen LogP contribution in [0, 0.1) is 5.82 Å². The van der Waals surface area contributed by atoms with Gasteiger partial charge in [-0.05, 0) is 50.6 Å². The van der Waals surface area contributed by atoms with Crippen molar-refractivity contribution in [2.24, 2.45) is 0 Å². The number of benzene rings is 3. The van der Waals surface area contributed by atoms with Gasteiger partial charge in [0.15, 0.2) is 0 Å². The van der Waals surface area contributed by atoms with Crippen molar-refractivity contribution in [3.8, 4) is 0 Å². The Kier molecular flexibility index (Phi) is 4.21. The number of fused-ring (bicyclic) bond motifs is 1. The summed E-state index contributed by atoms with van der Waals surface area (Å²) in [5.41, 5.74) is 1.63. The summed E-state index contributed by atoms with van der Waals surface area (Å²) < 4.78 is 14.1. The number of halogens is 4. The standard InChI is InChI=1S/C17H10BrCl2F/c18-14-7-5-10(9-16(14)21)17(20)13-6-8-15(19)12-4-2-1-3-11(12)13/h1-9,17H. The lowest BCUT2D eigenvalue weighted by Crippen LogP contribution is -1.96. The molecule has 106 valence electrons. The van der Waals surface area contributed by atoms with Gasteiger partial charge in [-0.25, -0.2) is 4.39 Å². The third-order valence-corrected chi connectivity index (χ3v) is 4.87. The zero-order chi connectivity index (χ0) is 15.0. The van der Waals surface area contributed by atoms with Crippen molar-refractivity contribution in [2.45, 2.75) is 5.38 Å². The molecule has 0 aliphatic carbocycles. The molecule has 0 nitrogen and oxygen atoms in total. The highest BCUT2D eigenvalue weighted by molar-refractivity contribution is 9.10. The van der Waals surface area contributed by atoms with Crippen LogP contribution in [0.3, 0.4) is 0 Å². The van der Waals surface area contributed by atoms with Crippen LogP contribution in [0.4, 0.5) is 4.39 Å².